The molecule has 2 unspecified atom stereocenters. The summed E-state index contributed by atoms with van der Waals surface area (Å²) in [5.74, 6) is 1.32. The molecule has 2 aliphatic heterocycles. The van der Waals surface area contributed by atoms with Crippen molar-refractivity contribution in [1.29, 1.82) is 5.26 Å². The molecular weight excluding hydrogens is 422 g/mol. The van der Waals surface area contributed by atoms with Crippen molar-refractivity contribution >= 4 is 27.8 Å². The topological polar surface area (TPSA) is 85.6 Å². The monoisotopic (exact) mass is 451 g/mol. The number of H-pyrrole nitrogens is 1. The fourth-order valence-electron chi connectivity index (χ4n) is 6.58. The number of nitriles is 1. The predicted octanol–water partition coefficient (Wildman–Crippen LogP) is 4.61. The fourth-order valence-corrected chi connectivity index (χ4v) is 6.58. The largest absolute Gasteiger partial charge is 0.370 e. The van der Waals surface area contributed by atoms with Gasteiger partial charge in [-0.05, 0) is 48.4 Å². The van der Waals surface area contributed by atoms with E-state index in [1.54, 1.807) is 6.33 Å². The van der Waals surface area contributed by atoms with Gasteiger partial charge in [-0.15, -0.1) is 0 Å². The summed E-state index contributed by atoms with van der Waals surface area (Å²) in [6.45, 7) is 4.14. The van der Waals surface area contributed by atoms with Crippen LogP contribution >= 0.6 is 0 Å². The minimum atomic E-state index is 0.563. The van der Waals surface area contributed by atoms with Gasteiger partial charge < -0.3 is 19.8 Å². The highest BCUT2D eigenvalue weighted by atomic mass is 15.2. The highest BCUT2D eigenvalue weighted by molar-refractivity contribution is 6.00. The molecule has 4 heterocycles. The number of hydrogen-bond donors (Lipinski definition) is 2. The lowest BCUT2D eigenvalue weighted by molar-refractivity contribution is 0.359. The second-order valence-electron chi connectivity index (χ2n) is 10.3. The summed E-state index contributed by atoms with van der Waals surface area (Å²) < 4.78 is 2.38. The van der Waals surface area contributed by atoms with Crippen LogP contribution in [0.25, 0.3) is 33.2 Å². The number of imidazole rings is 2. The smallest absolute Gasteiger partial charge is 0.104 e. The molecule has 2 N–H and O–H groups in total. The van der Waals surface area contributed by atoms with Gasteiger partial charge in [0.2, 0.25) is 0 Å². The van der Waals surface area contributed by atoms with Gasteiger partial charge in [0.05, 0.1) is 40.4 Å². The van der Waals surface area contributed by atoms with E-state index < -0.39 is 0 Å². The number of nitrogens with zero attached hydrogens (tertiary/aromatic N) is 5. The molecule has 2 aromatic heterocycles. The average molecular weight is 452 g/mol. The maximum atomic E-state index is 10.1. The molecule has 0 amide bonds. The molecule has 0 radical (unpaired) electrons. The summed E-state index contributed by atoms with van der Waals surface area (Å²) in [6.07, 6.45) is 10.2. The van der Waals surface area contributed by atoms with Crippen LogP contribution < -0.4 is 10.2 Å². The summed E-state index contributed by atoms with van der Waals surface area (Å²) in [4.78, 5) is 15.1. The highest BCUT2D eigenvalue weighted by Gasteiger charge is 2.37. The first-order chi connectivity index (χ1) is 16.8. The van der Waals surface area contributed by atoms with Gasteiger partial charge >= 0.3 is 0 Å². The molecule has 1 saturated carbocycles. The Morgan fingerprint density at radius 2 is 1.82 bits per heavy atom. The normalized spacial score (nSPS) is 23.1. The molecule has 172 valence electrons. The lowest BCUT2D eigenvalue weighted by Gasteiger charge is -2.23. The molecule has 7 rings (SSSR count). The average Bonchev–Trinajstić information content (AvgIpc) is 3.66. The molecule has 3 fully saturated rings. The zero-order chi connectivity index (χ0) is 22.6. The van der Waals surface area contributed by atoms with Gasteiger partial charge in [-0.3, -0.25) is 0 Å². The summed E-state index contributed by atoms with van der Waals surface area (Å²) in [5, 5.41) is 13.6. The Morgan fingerprint density at radius 3 is 2.62 bits per heavy atom. The third-order valence-corrected chi connectivity index (χ3v) is 8.38. The SMILES string of the molecule is N#Cc1c(N2CC3CNCC3C2)cc(-c2ccc3c(c2)ncn3C2CCCCC2)c2nc[nH]c12. The van der Waals surface area contributed by atoms with Crippen LogP contribution in [0, 0.1) is 23.2 Å². The van der Waals surface area contributed by atoms with Crippen molar-refractivity contribution in [2.45, 2.75) is 38.1 Å². The van der Waals surface area contributed by atoms with Crippen molar-refractivity contribution in [3.8, 4) is 17.2 Å². The Bertz CT molecular complexity index is 1410. The molecule has 0 bridgehead atoms. The molecule has 4 aromatic rings. The zero-order valence-corrected chi connectivity index (χ0v) is 19.3. The number of rotatable bonds is 3. The Labute approximate surface area is 198 Å². The quantitative estimate of drug-likeness (QED) is 0.475. The lowest BCUT2D eigenvalue weighted by atomic mass is 9.95. The predicted molar refractivity (Wildman–Crippen MR) is 134 cm³/mol. The van der Waals surface area contributed by atoms with Gasteiger partial charge in [-0.2, -0.15) is 5.26 Å². The summed E-state index contributed by atoms with van der Waals surface area (Å²) in [6, 6.07) is 11.8. The number of aromatic nitrogens is 4. The van der Waals surface area contributed by atoms with Crippen molar-refractivity contribution in [3.63, 3.8) is 0 Å². The van der Waals surface area contributed by atoms with E-state index >= 15 is 0 Å². The van der Waals surface area contributed by atoms with Crippen LogP contribution in [0.4, 0.5) is 5.69 Å². The molecule has 2 atom stereocenters. The maximum absolute atomic E-state index is 10.1. The Hall–Kier alpha value is -3.37. The second kappa shape index (κ2) is 7.85. The van der Waals surface area contributed by atoms with Gasteiger partial charge in [-0.25, -0.2) is 9.97 Å². The van der Waals surface area contributed by atoms with E-state index in [2.05, 4.69) is 55.1 Å². The summed E-state index contributed by atoms with van der Waals surface area (Å²) in [7, 11) is 0. The van der Waals surface area contributed by atoms with Crippen LogP contribution in [0.2, 0.25) is 0 Å². The number of hydrogen-bond acceptors (Lipinski definition) is 5. The Morgan fingerprint density at radius 1 is 1.00 bits per heavy atom. The van der Waals surface area contributed by atoms with E-state index in [1.165, 1.54) is 37.6 Å². The first-order valence-corrected chi connectivity index (χ1v) is 12.6. The molecule has 2 aromatic carbocycles. The zero-order valence-electron chi connectivity index (χ0n) is 19.3. The van der Waals surface area contributed by atoms with Gasteiger partial charge in [0.25, 0.3) is 0 Å². The first kappa shape index (κ1) is 20.0. The number of aromatic amines is 1. The van der Waals surface area contributed by atoms with Gasteiger partial charge in [0.15, 0.2) is 0 Å². The third kappa shape index (κ3) is 3.05. The Kier molecular flexibility index (Phi) is 4.63. The second-order valence-corrected chi connectivity index (χ2v) is 10.3. The van der Waals surface area contributed by atoms with Crippen LogP contribution in [0.5, 0.6) is 0 Å². The van der Waals surface area contributed by atoms with Crippen LogP contribution in [-0.4, -0.2) is 45.7 Å². The minimum absolute atomic E-state index is 0.563. The van der Waals surface area contributed by atoms with Crippen molar-refractivity contribution in [3.05, 3.63) is 42.5 Å². The molecule has 34 heavy (non-hydrogen) atoms. The molecule has 1 aliphatic carbocycles. The molecule has 7 nitrogen and oxygen atoms in total. The number of anilines is 1. The van der Waals surface area contributed by atoms with E-state index in [9.17, 15) is 5.26 Å². The third-order valence-electron chi connectivity index (χ3n) is 8.38. The number of nitrogens with one attached hydrogen (secondary N) is 2. The summed E-state index contributed by atoms with van der Waals surface area (Å²) in [5.41, 5.74) is 7.82. The first-order valence-electron chi connectivity index (χ1n) is 12.6. The standard InChI is InChI=1S/C27H29N7/c28-10-22-25(33-13-18-11-29-12-19(18)14-33)9-21(26-27(22)31-15-30-26)17-6-7-24-23(8-17)32-16-34(24)20-4-2-1-3-5-20/h6-9,15-16,18-20,29H,1-5,11-14H2,(H,30,31). The molecule has 0 spiro atoms. The van der Waals surface area contributed by atoms with Crippen molar-refractivity contribution in [2.75, 3.05) is 31.1 Å². The summed E-state index contributed by atoms with van der Waals surface area (Å²) >= 11 is 0. The number of fused-ring (bicyclic) bond motifs is 3. The number of benzene rings is 2. The minimum Gasteiger partial charge on any atom is -0.370 e. The Balaban J connectivity index is 1.33. The van der Waals surface area contributed by atoms with Crippen LogP contribution in [0.15, 0.2) is 36.9 Å². The van der Waals surface area contributed by atoms with E-state index in [0.717, 1.165) is 59.5 Å². The van der Waals surface area contributed by atoms with Crippen molar-refractivity contribution in [2.24, 2.45) is 11.8 Å². The fraction of sp³-hybridized carbons (Fsp3) is 0.444. The van der Waals surface area contributed by atoms with Crippen molar-refractivity contribution in [1.82, 2.24) is 24.8 Å². The molecular formula is C27H29N7. The van der Waals surface area contributed by atoms with E-state index in [0.29, 0.717) is 23.4 Å². The van der Waals surface area contributed by atoms with Crippen LogP contribution in [0.1, 0.15) is 43.7 Å². The molecule has 7 heteroatoms. The van der Waals surface area contributed by atoms with E-state index in [1.807, 2.05) is 6.33 Å². The highest BCUT2D eigenvalue weighted by Crippen LogP contribution is 2.40. The molecule has 3 aliphatic rings. The van der Waals surface area contributed by atoms with Gasteiger partial charge in [0, 0.05) is 37.8 Å². The molecule has 2 saturated heterocycles. The van der Waals surface area contributed by atoms with Crippen LogP contribution in [-0.2, 0) is 0 Å². The lowest BCUT2D eigenvalue weighted by Crippen LogP contribution is -2.26. The van der Waals surface area contributed by atoms with Gasteiger partial charge in [0.1, 0.15) is 11.6 Å². The van der Waals surface area contributed by atoms with E-state index in [4.69, 9.17) is 4.98 Å². The maximum Gasteiger partial charge on any atom is 0.104 e. The van der Waals surface area contributed by atoms with E-state index in [-0.39, 0.29) is 0 Å². The van der Waals surface area contributed by atoms with Crippen molar-refractivity contribution < 1.29 is 0 Å². The van der Waals surface area contributed by atoms with Crippen LogP contribution in [0.3, 0.4) is 0 Å². The van der Waals surface area contributed by atoms with Gasteiger partial charge in [-0.1, -0.05) is 25.3 Å².